The molecule has 70 valence electrons. The van der Waals surface area contributed by atoms with E-state index < -0.39 is 0 Å². The zero-order valence-electron chi connectivity index (χ0n) is 7.90. The molecule has 0 aromatic rings. The molecule has 0 aliphatic carbocycles. The molecule has 0 radical (unpaired) electrons. The van der Waals surface area contributed by atoms with Gasteiger partial charge in [-0.3, -0.25) is 9.98 Å². The normalized spacial score (nSPS) is 30.6. The van der Waals surface area contributed by atoms with Gasteiger partial charge in [0.25, 0.3) is 0 Å². The number of fused-ring (bicyclic) bond motifs is 1. The fourth-order valence-electron chi connectivity index (χ4n) is 1.67. The van der Waals surface area contributed by atoms with E-state index in [1.165, 1.54) is 0 Å². The summed E-state index contributed by atoms with van der Waals surface area (Å²) < 4.78 is 5.13. The van der Waals surface area contributed by atoms with Gasteiger partial charge in [0.1, 0.15) is 11.4 Å². The average molecular weight is 179 g/mol. The van der Waals surface area contributed by atoms with Crippen LogP contribution in [0, 0.1) is 0 Å². The second-order valence-corrected chi connectivity index (χ2v) is 3.60. The van der Waals surface area contributed by atoms with Crippen molar-refractivity contribution in [2.45, 2.75) is 12.5 Å². The highest BCUT2D eigenvalue weighted by atomic mass is 16.5. The van der Waals surface area contributed by atoms with Crippen LogP contribution in [0.4, 0.5) is 0 Å². The van der Waals surface area contributed by atoms with E-state index >= 15 is 0 Å². The van der Waals surface area contributed by atoms with Gasteiger partial charge in [-0.05, 0) is 6.92 Å². The number of methoxy groups -OCH3 is 1. The first-order chi connectivity index (χ1) is 6.23. The van der Waals surface area contributed by atoms with Gasteiger partial charge in [-0.1, -0.05) is 0 Å². The number of ether oxygens (including phenoxy) is 1. The molecular weight excluding hydrogens is 166 g/mol. The molecule has 0 fully saturated rings. The minimum absolute atomic E-state index is 0.120. The lowest BCUT2D eigenvalue weighted by atomic mass is 10.1. The third-order valence-corrected chi connectivity index (χ3v) is 2.17. The van der Waals surface area contributed by atoms with Gasteiger partial charge in [0.05, 0.1) is 19.4 Å². The molecule has 0 saturated heterocycles. The molecule has 0 bridgehead atoms. The van der Waals surface area contributed by atoms with Crippen LogP contribution < -0.4 is 0 Å². The lowest BCUT2D eigenvalue weighted by Crippen LogP contribution is -2.35. The van der Waals surface area contributed by atoms with Crippen molar-refractivity contribution in [3.05, 3.63) is 12.4 Å². The average Bonchev–Trinajstić information content (AvgIpc) is 2.40. The van der Waals surface area contributed by atoms with Gasteiger partial charge in [-0.25, -0.2) is 0 Å². The quantitative estimate of drug-likeness (QED) is 0.624. The number of nitrogens with zero attached hydrogens (tertiary/aromatic N) is 3. The van der Waals surface area contributed by atoms with Gasteiger partial charge in [-0.2, -0.15) is 0 Å². The number of amidine groups is 1. The van der Waals surface area contributed by atoms with E-state index in [2.05, 4.69) is 21.8 Å². The van der Waals surface area contributed by atoms with Crippen LogP contribution in [0.3, 0.4) is 0 Å². The van der Waals surface area contributed by atoms with Crippen molar-refractivity contribution in [2.24, 2.45) is 9.98 Å². The Morgan fingerprint density at radius 2 is 2.54 bits per heavy atom. The van der Waals surface area contributed by atoms with Crippen LogP contribution in [0.25, 0.3) is 0 Å². The molecule has 2 aliphatic rings. The summed E-state index contributed by atoms with van der Waals surface area (Å²) in [4.78, 5) is 10.7. The maximum atomic E-state index is 5.13. The van der Waals surface area contributed by atoms with E-state index in [1.54, 1.807) is 19.5 Å². The highest BCUT2D eigenvalue weighted by Crippen LogP contribution is 2.22. The second kappa shape index (κ2) is 2.96. The Balaban J connectivity index is 2.19. The van der Waals surface area contributed by atoms with Crippen LogP contribution in [-0.2, 0) is 4.74 Å². The van der Waals surface area contributed by atoms with Crippen molar-refractivity contribution in [2.75, 3.05) is 20.3 Å². The maximum absolute atomic E-state index is 5.13. The summed E-state index contributed by atoms with van der Waals surface area (Å²) in [5, 5.41) is 0. The molecule has 4 nitrogen and oxygen atoms in total. The van der Waals surface area contributed by atoms with Crippen molar-refractivity contribution in [1.82, 2.24) is 4.90 Å². The Morgan fingerprint density at radius 1 is 1.69 bits per heavy atom. The van der Waals surface area contributed by atoms with Crippen molar-refractivity contribution in [3.63, 3.8) is 0 Å². The summed E-state index contributed by atoms with van der Waals surface area (Å²) >= 11 is 0. The molecule has 2 rings (SSSR count). The Bertz CT molecular complexity index is 295. The van der Waals surface area contributed by atoms with Crippen LogP contribution in [0.15, 0.2) is 22.4 Å². The van der Waals surface area contributed by atoms with Gasteiger partial charge >= 0.3 is 0 Å². The van der Waals surface area contributed by atoms with Crippen molar-refractivity contribution >= 4 is 12.1 Å². The molecule has 13 heavy (non-hydrogen) atoms. The number of hydrogen-bond acceptors (Lipinski definition) is 4. The summed E-state index contributed by atoms with van der Waals surface area (Å²) in [6.45, 7) is 3.61. The van der Waals surface area contributed by atoms with E-state index in [1.807, 2.05) is 6.20 Å². The van der Waals surface area contributed by atoms with Crippen molar-refractivity contribution < 1.29 is 4.74 Å². The molecule has 0 saturated carbocycles. The van der Waals surface area contributed by atoms with Crippen LogP contribution >= 0.6 is 0 Å². The monoisotopic (exact) mass is 179 g/mol. The summed E-state index contributed by atoms with van der Waals surface area (Å²) in [7, 11) is 1.70. The van der Waals surface area contributed by atoms with E-state index in [0.29, 0.717) is 6.61 Å². The lowest BCUT2D eigenvalue weighted by Gasteiger charge is -2.21. The predicted octanol–water partition coefficient (Wildman–Crippen LogP) is 0.661. The highest BCUT2D eigenvalue weighted by Gasteiger charge is 2.34. The summed E-state index contributed by atoms with van der Waals surface area (Å²) in [6, 6.07) is 0. The Morgan fingerprint density at radius 3 is 3.23 bits per heavy atom. The van der Waals surface area contributed by atoms with Gasteiger partial charge in [-0.15, -0.1) is 0 Å². The molecule has 0 N–H and O–H groups in total. The predicted molar refractivity (Wildman–Crippen MR) is 52.1 cm³/mol. The molecular formula is C9H13N3O. The lowest BCUT2D eigenvalue weighted by molar-refractivity contribution is 0.141. The first-order valence-electron chi connectivity index (χ1n) is 4.29. The zero-order chi connectivity index (χ0) is 9.31. The third kappa shape index (κ3) is 1.49. The minimum Gasteiger partial charge on any atom is -0.382 e. The highest BCUT2D eigenvalue weighted by molar-refractivity contribution is 6.31. The van der Waals surface area contributed by atoms with Gasteiger partial charge in [0.2, 0.25) is 0 Å². The SMILES string of the molecule is COCC1(C)CN2C=CN=CC2=N1. The molecule has 0 spiro atoms. The second-order valence-electron chi connectivity index (χ2n) is 3.60. The van der Waals surface area contributed by atoms with Crippen molar-refractivity contribution in [1.29, 1.82) is 0 Å². The molecule has 0 aromatic carbocycles. The molecule has 2 aliphatic heterocycles. The molecule has 0 aromatic heterocycles. The largest absolute Gasteiger partial charge is 0.382 e. The number of rotatable bonds is 2. The van der Waals surface area contributed by atoms with Gasteiger partial charge in [0.15, 0.2) is 0 Å². The summed E-state index contributed by atoms with van der Waals surface area (Å²) in [6.07, 6.45) is 5.50. The molecule has 4 heteroatoms. The molecule has 0 amide bonds. The van der Waals surface area contributed by atoms with Crippen LogP contribution in [-0.4, -0.2) is 42.8 Å². The first-order valence-corrected chi connectivity index (χ1v) is 4.29. The zero-order valence-corrected chi connectivity index (χ0v) is 7.90. The van der Waals surface area contributed by atoms with E-state index in [4.69, 9.17) is 4.74 Å². The molecule has 1 unspecified atom stereocenters. The van der Waals surface area contributed by atoms with Gasteiger partial charge in [0, 0.05) is 19.5 Å². The smallest absolute Gasteiger partial charge is 0.147 e. The number of aliphatic imine (C=N–C) groups is 2. The van der Waals surface area contributed by atoms with Crippen LogP contribution in [0.1, 0.15) is 6.92 Å². The van der Waals surface area contributed by atoms with Crippen LogP contribution in [0.5, 0.6) is 0 Å². The fourth-order valence-corrected chi connectivity index (χ4v) is 1.67. The van der Waals surface area contributed by atoms with Gasteiger partial charge < -0.3 is 9.64 Å². The molecule has 1 atom stereocenters. The maximum Gasteiger partial charge on any atom is 0.147 e. The van der Waals surface area contributed by atoms with E-state index in [-0.39, 0.29) is 5.54 Å². The Labute approximate surface area is 77.6 Å². The molecule has 2 heterocycles. The van der Waals surface area contributed by atoms with Crippen LogP contribution in [0.2, 0.25) is 0 Å². The van der Waals surface area contributed by atoms with E-state index in [9.17, 15) is 0 Å². The Hall–Kier alpha value is -1.16. The third-order valence-electron chi connectivity index (χ3n) is 2.17. The standard InChI is InChI=1S/C9H13N3O/c1-9(7-13-2)6-12-4-3-10-5-8(12)11-9/h3-5H,6-7H2,1-2H3. The fraction of sp³-hybridized carbons (Fsp3) is 0.556. The first kappa shape index (κ1) is 8.44. The minimum atomic E-state index is -0.120. The number of hydrogen-bond donors (Lipinski definition) is 0. The Kier molecular flexibility index (Phi) is 1.92. The van der Waals surface area contributed by atoms with Crippen molar-refractivity contribution in [3.8, 4) is 0 Å². The summed E-state index contributed by atoms with van der Waals surface area (Å²) in [5.41, 5.74) is -0.120. The van der Waals surface area contributed by atoms with E-state index in [0.717, 1.165) is 12.4 Å². The topological polar surface area (TPSA) is 37.2 Å². The summed E-state index contributed by atoms with van der Waals surface area (Å²) in [5.74, 6) is 0.932.